The molecule has 0 amide bonds. The Morgan fingerprint density at radius 1 is 1.25 bits per heavy atom. The zero-order valence-corrected chi connectivity index (χ0v) is 13.0. The minimum Gasteiger partial charge on any atom is -0.315 e. The zero-order chi connectivity index (χ0) is 14.3. The molecule has 20 heavy (non-hydrogen) atoms. The van der Waals surface area contributed by atoms with E-state index in [0.717, 1.165) is 37.9 Å². The van der Waals surface area contributed by atoms with E-state index < -0.39 is 10.0 Å². The summed E-state index contributed by atoms with van der Waals surface area (Å²) in [6, 6.07) is 5.34. The molecule has 110 valence electrons. The molecular formula is C14H19ClN2O2S. The van der Waals surface area contributed by atoms with E-state index in [-0.39, 0.29) is 17.0 Å². The normalized spacial score (nSPS) is 27.5. The minimum absolute atomic E-state index is 0.0593. The first-order chi connectivity index (χ1) is 9.50. The number of hydrogen-bond donors (Lipinski definition) is 1. The van der Waals surface area contributed by atoms with E-state index in [1.165, 1.54) is 0 Å². The van der Waals surface area contributed by atoms with Crippen molar-refractivity contribution in [1.29, 1.82) is 0 Å². The monoisotopic (exact) mass is 314 g/mol. The van der Waals surface area contributed by atoms with Crippen LogP contribution in [0.4, 0.5) is 0 Å². The molecule has 3 rings (SSSR count). The molecule has 2 fully saturated rings. The number of fused-ring (bicyclic) bond motifs is 2. The van der Waals surface area contributed by atoms with Gasteiger partial charge in [0.1, 0.15) is 4.90 Å². The molecule has 4 nitrogen and oxygen atoms in total. The van der Waals surface area contributed by atoms with Gasteiger partial charge in [0.2, 0.25) is 10.0 Å². The number of aryl methyl sites for hydroxylation is 1. The van der Waals surface area contributed by atoms with Gasteiger partial charge in [0.15, 0.2) is 0 Å². The number of rotatable bonds is 2. The van der Waals surface area contributed by atoms with Gasteiger partial charge in [0.25, 0.3) is 0 Å². The molecule has 2 aliphatic rings. The van der Waals surface area contributed by atoms with Crippen LogP contribution in [-0.2, 0) is 10.0 Å². The summed E-state index contributed by atoms with van der Waals surface area (Å²) in [5.41, 5.74) is 0.910. The van der Waals surface area contributed by atoms with E-state index >= 15 is 0 Å². The Morgan fingerprint density at radius 2 is 2.00 bits per heavy atom. The zero-order valence-electron chi connectivity index (χ0n) is 11.5. The lowest BCUT2D eigenvalue weighted by molar-refractivity contribution is 0.334. The van der Waals surface area contributed by atoms with Gasteiger partial charge in [-0.2, -0.15) is 4.31 Å². The van der Waals surface area contributed by atoms with Crippen LogP contribution in [0, 0.1) is 6.92 Å². The van der Waals surface area contributed by atoms with E-state index in [2.05, 4.69) is 5.32 Å². The van der Waals surface area contributed by atoms with E-state index in [1.54, 1.807) is 16.4 Å². The molecule has 1 N–H and O–H groups in total. The fourth-order valence-corrected chi connectivity index (χ4v) is 5.71. The van der Waals surface area contributed by atoms with Crippen LogP contribution in [0.15, 0.2) is 23.1 Å². The third-order valence-corrected chi connectivity index (χ3v) is 6.72. The molecule has 0 saturated carbocycles. The van der Waals surface area contributed by atoms with Crippen molar-refractivity contribution in [2.24, 2.45) is 0 Å². The lowest BCUT2D eigenvalue weighted by Gasteiger charge is -2.27. The van der Waals surface area contributed by atoms with Gasteiger partial charge in [-0.3, -0.25) is 0 Å². The molecule has 2 aliphatic heterocycles. The number of nitrogens with one attached hydrogen (secondary N) is 1. The van der Waals surface area contributed by atoms with Gasteiger partial charge < -0.3 is 5.32 Å². The molecule has 1 aromatic carbocycles. The molecule has 0 radical (unpaired) electrons. The highest BCUT2D eigenvalue weighted by molar-refractivity contribution is 7.89. The van der Waals surface area contributed by atoms with E-state index in [9.17, 15) is 8.42 Å². The van der Waals surface area contributed by atoms with E-state index in [0.29, 0.717) is 5.02 Å². The first kappa shape index (κ1) is 14.3. The fourth-order valence-electron chi connectivity index (χ4n) is 3.25. The van der Waals surface area contributed by atoms with Crippen molar-refractivity contribution < 1.29 is 8.42 Å². The predicted octanol–water partition coefficient (Wildman–Crippen LogP) is 2.16. The molecule has 6 heteroatoms. The molecule has 1 aromatic rings. The Morgan fingerprint density at radius 3 is 2.80 bits per heavy atom. The maximum atomic E-state index is 13.0. The van der Waals surface area contributed by atoms with Gasteiger partial charge in [-0.05, 0) is 50.4 Å². The van der Waals surface area contributed by atoms with Crippen molar-refractivity contribution in [3.8, 4) is 0 Å². The molecule has 0 spiro atoms. The summed E-state index contributed by atoms with van der Waals surface area (Å²) in [4.78, 5) is 0.248. The average molecular weight is 315 g/mol. The van der Waals surface area contributed by atoms with E-state index in [1.807, 2.05) is 13.0 Å². The Hall–Kier alpha value is -0.620. The number of nitrogens with zero attached hydrogens (tertiary/aromatic N) is 1. The van der Waals surface area contributed by atoms with Crippen molar-refractivity contribution in [3.05, 3.63) is 28.8 Å². The van der Waals surface area contributed by atoms with Gasteiger partial charge in [-0.1, -0.05) is 17.7 Å². The summed E-state index contributed by atoms with van der Waals surface area (Å²) in [7, 11) is -3.51. The topological polar surface area (TPSA) is 49.4 Å². The maximum Gasteiger partial charge on any atom is 0.245 e. The molecule has 2 unspecified atom stereocenters. The van der Waals surface area contributed by atoms with Crippen molar-refractivity contribution in [2.75, 3.05) is 13.1 Å². The summed E-state index contributed by atoms with van der Waals surface area (Å²) in [5, 5.41) is 3.63. The van der Waals surface area contributed by atoms with Crippen molar-refractivity contribution in [2.45, 2.75) is 43.2 Å². The highest BCUT2D eigenvalue weighted by atomic mass is 35.5. The highest BCUT2D eigenvalue weighted by Gasteiger charge is 2.43. The molecule has 0 aliphatic carbocycles. The van der Waals surface area contributed by atoms with Crippen LogP contribution in [0.1, 0.15) is 24.8 Å². The highest BCUT2D eigenvalue weighted by Crippen LogP contribution is 2.36. The summed E-state index contributed by atoms with van der Waals surface area (Å²) >= 11 is 6.14. The van der Waals surface area contributed by atoms with Crippen LogP contribution in [0.25, 0.3) is 0 Å². The SMILES string of the molecule is Cc1ccc(Cl)c(S(=O)(=O)N2C3CCNCC2CC3)c1. The smallest absolute Gasteiger partial charge is 0.245 e. The second kappa shape index (κ2) is 5.30. The van der Waals surface area contributed by atoms with Crippen LogP contribution in [0.3, 0.4) is 0 Å². The first-order valence-corrected chi connectivity index (χ1v) is 8.82. The van der Waals surface area contributed by atoms with Crippen molar-refractivity contribution in [1.82, 2.24) is 9.62 Å². The van der Waals surface area contributed by atoms with Crippen LogP contribution < -0.4 is 5.32 Å². The summed E-state index contributed by atoms with van der Waals surface area (Å²) in [6.07, 6.45) is 2.76. The third-order valence-electron chi connectivity index (χ3n) is 4.23. The van der Waals surface area contributed by atoms with Gasteiger partial charge in [-0.25, -0.2) is 8.42 Å². The van der Waals surface area contributed by atoms with Crippen LogP contribution in [-0.4, -0.2) is 37.9 Å². The van der Waals surface area contributed by atoms with Gasteiger partial charge in [0.05, 0.1) is 5.02 Å². The molecule has 2 bridgehead atoms. The molecule has 2 heterocycles. The van der Waals surface area contributed by atoms with Gasteiger partial charge in [-0.15, -0.1) is 0 Å². The fraction of sp³-hybridized carbons (Fsp3) is 0.571. The summed E-state index contributed by atoms with van der Waals surface area (Å²) in [5.74, 6) is 0. The number of halogens is 1. The minimum atomic E-state index is -3.51. The first-order valence-electron chi connectivity index (χ1n) is 7.00. The Kier molecular flexibility index (Phi) is 3.79. The largest absolute Gasteiger partial charge is 0.315 e. The quantitative estimate of drug-likeness (QED) is 0.910. The van der Waals surface area contributed by atoms with Crippen LogP contribution in [0.2, 0.25) is 5.02 Å². The molecule has 2 atom stereocenters. The lowest BCUT2D eigenvalue weighted by Crippen LogP contribution is -2.42. The summed E-state index contributed by atoms with van der Waals surface area (Å²) < 4.78 is 27.7. The standard InChI is InChI=1S/C14H19ClN2O2S/c1-10-2-5-13(15)14(8-10)20(18,19)17-11-3-4-12(17)9-16-7-6-11/h2,5,8,11-12,16H,3-4,6-7,9H2,1H3. The van der Waals surface area contributed by atoms with Crippen molar-refractivity contribution >= 4 is 21.6 Å². The number of benzene rings is 1. The second-order valence-electron chi connectivity index (χ2n) is 5.65. The number of sulfonamides is 1. The average Bonchev–Trinajstić information content (AvgIpc) is 2.66. The van der Waals surface area contributed by atoms with Gasteiger partial charge >= 0.3 is 0 Å². The Labute approximate surface area is 125 Å². The second-order valence-corrected chi connectivity index (χ2v) is 7.87. The molecular weight excluding hydrogens is 296 g/mol. The third kappa shape index (κ3) is 2.37. The Bertz CT molecular complexity index is 604. The van der Waals surface area contributed by atoms with E-state index in [4.69, 9.17) is 11.6 Å². The van der Waals surface area contributed by atoms with Crippen molar-refractivity contribution in [3.63, 3.8) is 0 Å². The summed E-state index contributed by atoms with van der Waals surface area (Å²) in [6.45, 7) is 3.50. The number of hydrogen-bond acceptors (Lipinski definition) is 3. The Balaban J connectivity index is 2.05. The molecule has 0 aromatic heterocycles. The van der Waals surface area contributed by atoms with Crippen LogP contribution in [0.5, 0.6) is 0 Å². The predicted molar refractivity (Wildman–Crippen MR) is 79.5 cm³/mol. The lowest BCUT2D eigenvalue weighted by atomic mass is 10.1. The molecule has 2 saturated heterocycles. The van der Waals surface area contributed by atoms with Gasteiger partial charge in [0, 0.05) is 18.6 Å². The maximum absolute atomic E-state index is 13.0. The van der Waals surface area contributed by atoms with Crippen LogP contribution >= 0.6 is 11.6 Å².